The Morgan fingerprint density at radius 2 is 2.04 bits per heavy atom. The highest BCUT2D eigenvalue weighted by Crippen LogP contribution is 2.33. The van der Waals surface area contributed by atoms with Crippen molar-refractivity contribution in [3.63, 3.8) is 0 Å². The van der Waals surface area contributed by atoms with Crippen LogP contribution in [0.3, 0.4) is 0 Å². The van der Waals surface area contributed by atoms with E-state index in [1.807, 2.05) is 23.1 Å². The largest absolute Gasteiger partial charge is 0.339 e. The molecule has 1 aromatic carbocycles. The maximum Gasteiger partial charge on any atom is 0.224 e. The van der Waals surface area contributed by atoms with Gasteiger partial charge in [-0.05, 0) is 24.8 Å². The summed E-state index contributed by atoms with van der Waals surface area (Å²) in [4.78, 5) is 14.4. The van der Waals surface area contributed by atoms with E-state index < -0.39 is 10.0 Å². The molecule has 1 aliphatic rings. The van der Waals surface area contributed by atoms with E-state index in [0.717, 1.165) is 32.1 Å². The zero-order valence-corrected chi connectivity index (χ0v) is 14.7. The number of hydrogen-bond acceptors (Lipinski definition) is 3. The van der Waals surface area contributed by atoms with Crippen LogP contribution in [0.5, 0.6) is 0 Å². The van der Waals surface area contributed by atoms with Crippen molar-refractivity contribution in [2.45, 2.75) is 44.6 Å². The van der Waals surface area contributed by atoms with Gasteiger partial charge in [0.1, 0.15) is 0 Å². The van der Waals surface area contributed by atoms with Crippen molar-refractivity contribution in [2.75, 3.05) is 19.3 Å². The molecule has 0 spiro atoms. The molecule has 0 bridgehead atoms. The van der Waals surface area contributed by atoms with Gasteiger partial charge in [0, 0.05) is 31.5 Å². The van der Waals surface area contributed by atoms with Crippen LogP contribution in [-0.4, -0.2) is 44.6 Å². The summed E-state index contributed by atoms with van der Waals surface area (Å²) in [5.74, 6) is 0.378. The number of likely N-dealkylation sites (tertiary alicyclic amines) is 1. The summed E-state index contributed by atoms with van der Waals surface area (Å²) in [5, 5.41) is 0. The number of nitrogens with one attached hydrogen (secondary N) is 1. The van der Waals surface area contributed by atoms with Crippen LogP contribution in [0.25, 0.3) is 0 Å². The van der Waals surface area contributed by atoms with Gasteiger partial charge in [0.15, 0.2) is 0 Å². The normalized spacial score (nSPS) is 19.7. The average Bonchev–Trinajstić information content (AvgIpc) is 2.97. The fourth-order valence-corrected chi connectivity index (χ4v) is 3.91. The quantitative estimate of drug-likeness (QED) is 0.828. The second-order valence-corrected chi connectivity index (χ2v) is 7.97. The molecule has 1 aliphatic heterocycles. The number of amides is 1. The monoisotopic (exact) mass is 338 g/mol. The fraction of sp³-hybridized carbons (Fsp3) is 0.588. The van der Waals surface area contributed by atoms with Crippen LogP contribution in [0.1, 0.15) is 44.1 Å². The summed E-state index contributed by atoms with van der Waals surface area (Å²) in [7, 11) is -3.24. The third-order valence-electron chi connectivity index (χ3n) is 4.45. The Labute approximate surface area is 139 Å². The first-order valence-electron chi connectivity index (χ1n) is 8.21. The Morgan fingerprint density at radius 1 is 1.35 bits per heavy atom. The number of carbonyl (C=O) groups excluding carboxylic acids is 1. The van der Waals surface area contributed by atoms with E-state index in [2.05, 4.69) is 23.8 Å². The predicted molar refractivity (Wildman–Crippen MR) is 91.7 cm³/mol. The van der Waals surface area contributed by atoms with Crippen molar-refractivity contribution in [1.82, 2.24) is 9.62 Å². The minimum absolute atomic E-state index is 0.0398. The van der Waals surface area contributed by atoms with Gasteiger partial charge in [0.05, 0.1) is 6.26 Å². The molecule has 1 saturated heterocycles. The smallest absolute Gasteiger partial charge is 0.224 e. The third kappa shape index (κ3) is 5.04. The lowest BCUT2D eigenvalue weighted by Gasteiger charge is -2.31. The third-order valence-corrected chi connectivity index (χ3v) is 5.18. The number of benzene rings is 1. The molecule has 5 nitrogen and oxygen atoms in total. The maximum atomic E-state index is 12.5. The molecule has 2 rings (SSSR count). The SMILES string of the molecule is CC[C@H](c1ccccc1)[C@@H]1CCCN1C(=O)CCNS(C)(=O)=O. The first-order valence-corrected chi connectivity index (χ1v) is 10.1. The first-order chi connectivity index (χ1) is 10.9. The lowest BCUT2D eigenvalue weighted by atomic mass is 9.87. The number of nitrogens with zero attached hydrogens (tertiary/aromatic N) is 1. The van der Waals surface area contributed by atoms with Crippen molar-refractivity contribution in [3.05, 3.63) is 35.9 Å². The summed E-state index contributed by atoms with van der Waals surface area (Å²) >= 11 is 0. The molecule has 0 radical (unpaired) electrons. The van der Waals surface area contributed by atoms with Gasteiger partial charge in [0.2, 0.25) is 15.9 Å². The van der Waals surface area contributed by atoms with Crippen molar-refractivity contribution >= 4 is 15.9 Å². The van der Waals surface area contributed by atoms with E-state index in [0.29, 0.717) is 5.92 Å². The molecule has 1 N–H and O–H groups in total. The van der Waals surface area contributed by atoms with Gasteiger partial charge in [-0.1, -0.05) is 37.3 Å². The molecular weight excluding hydrogens is 312 g/mol. The average molecular weight is 338 g/mol. The van der Waals surface area contributed by atoms with E-state index in [1.165, 1.54) is 5.56 Å². The lowest BCUT2D eigenvalue weighted by molar-refractivity contribution is -0.132. The Balaban J connectivity index is 2.02. The predicted octanol–water partition coefficient (Wildman–Crippen LogP) is 2.11. The Kier molecular flexibility index (Phi) is 6.18. The van der Waals surface area contributed by atoms with Gasteiger partial charge in [-0.3, -0.25) is 4.79 Å². The fourth-order valence-electron chi connectivity index (χ4n) is 3.44. The van der Waals surface area contributed by atoms with Gasteiger partial charge in [-0.15, -0.1) is 0 Å². The van der Waals surface area contributed by atoms with Crippen LogP contribution < -0.4 is 4.72 Å². The Bertz CT molecular complexity index is 616. The number of hydrogen-bond donors (Lipinski definition) is 1. The topological polar surface area (TPSA) is 66.5 Å². The number of rotatable bonds is 7. The van der Waals surface area contributed by atoms with Crippen LogP contribution in [0.2, 0.25) is 0 Å². The Hall–Kier alpha value is -1.40. The standard InChI is InChI=1S/C17H26N2O3S/c1-3-15(14-8-5-4-6-9-14)16-10-7-13-19(16)17(20)11-12-18-23(2,21)22/h4-6,8-9,15-16,18H,3,7,10-13H2,1-2H3/t15-,16+/m1/s1. The van der Waals surface area contributed by atoms with Gasteiger partial charge >= 0.3 is 0 Å². The molecule has 2 atom stereocenters. The summed E-state index contributed by atoms with van der Waals surface area (Å²) in [6.45, 7) is 3.10. The molecule has 0 saturated carbocycles. The number of sulfonamides is 1. The summed E-state index contributed by atoms with van der Waals surface area (Å²) in [5.41, 5.74) is 1.27. The van der Waals surface area contributed by atoms with Crippen LogP contribution >= 0.6 is 0 Å². The maximum absolute atomic E-state index is 12.5. The van der Waals surface area contributed by atoms with Crippen molar-refractivity contribution < 1.29 is 13.2 Å². The van der Waals surface area contributed by atoms with Crippen LogP contribution in [0.15, 0.2) is 30.3 Å². The van der Waals surface area contributed by atoms with E-state index in [4.69, 9.17) is 0 Å². The van der Waals surface area contributed by atoms with Crippen LogP contribution in [0.4, 0.5) is 0 Å². The molecule has 6 heteroatoms. The highest BCUT2D eigenvalue weighted by atomic mass is 32.2. The van der Waals surface area contributed by atoms with E-state index in [9.17, 15) is 13.2 Å². The minimum Gasteiger partial charge on any atom is -0.339 e. The zero-order valence-electron chi connectivity index (χ0n) is 13.9. The molecule has 128 valence electrons. The zero-order chi connectivity index (χ0) is 16.9. The first kappa shape index (κ1) is 17.9. The van der Waals surface area contributed by atoms with E-state index >= 15 is 0 Å². The van der Waals surface area contributed by atoms with Gasteiger partial charge in [-0.2, -0.15) is 0 Å². The summed E-state index contributed by atoms with van der Waals surface area (Å²) in [6, 6.07) is 10.5. The molecule has 1 fully saturated rings. The molecule has 0 aliphatic carbocycles. The lowest BCUT2D eigenvalue weighted by Crippen LogP contribution is -2.40. The van der Waals surface area contributed by atoms with Gasteiger partial charge in [0.25, 0.3) is 0 Å². The highest BCUT2D eigenvalue weighted by molar-refractivity contribution is 7.88. The minimum atomic E-state index is -3.24. The molecular formula is C17H26N2O3S. The van der Waals surface area contributed by atoms with Crippen molar-refractivity contribution in [1.29, 1.82) is 0 Å². The molecule has 1 amide bonds. The molecule has 1 heterocycles. The number of carbonyl (C=O) groups is 1. The van der Waals surface area contributed by atoms with E-state index in [1.54, 1.807) is 0 Å². The summed E-state index contributed by atoms with van der Waals surface area (Å²) in [6.07, 6.45) is 4.34. The summed E-state index contributed by atoms with van der Waals surface area (Å²) < 4.78 is 24.6. The van der Waals surface area contributed by atoms with Crippen LogP contribution in [-0.2, 0) is 14.8 Å². The Morgan fingerprint density at radius 3 is 2.65 bits per heavy atom. The molecule has 0 aromatic heterocycles. The van der Waals surface area contributed by atoms with Gasteiger partial charge in [-0.25, -0.2) is 13.1 Å². The second kappa shape index (κ2) is 7.93. The molecule has 1 aromatic rings. The van der Waals surface area contributed by atoms with E-state index in [-0.39, 0.29) is 24.9 Å². The van der Waals surface area contributed by atoms with Gasteiger partial charge < -0.3 is 4.90 Å². The van der Waals surface area contributed by atoms with Crippen molar-refractivity contribution in [2.24, 2.45) is 0 Å². The van der Waals surface area contributed by atoms with Crippen LogP contribution in [0, 0.1) is 0 Å². The second-order valence-electron chi connectivity index (χ2n) is 6.14. The van der Waals surface area contributed by atoms with Crippen molar-refractivity contribution in [3.8, 4) is 0 Å². The molecule has 23 heavy (non-hydrogen) atoms. The highest BCUT2D eigenvalue weighted by Gasteiger charge is 2.34. The molecule has 0 unspecified atom stereocenters.